The standard InChI is InChI=1S/C10H13ClN4O/c1-6(9(16)14-7-2-3-7)13-8-4-5-12-10(11)15-8/h4-7H,2-3H2,1H3,(H,14,16)(H,12,13,15). The third-order valence-corrected chi connectivity index (χ3v) is 2.49. The summed E-state index contributed by atoms with van der Waals surface area (Å²) < 4.78 is 0. The number of hydrogen-bond donors (Lipinski definition) is 2. The molecule has 1 aromatic rings. The number of carbonyl (C=O) groups excluding carboxylic acids is 1. The van der Waals surface area contributed by atoms with Crippen molar-refractivity contribution in [3.8, 4) is 0 Å². The summed E-state index contributed by atoms with van der Waals surface area (Å²) in [5.41, 5.74) is 0. The predicted molar refractivity (Wildman–Crippen MR) is 61.3 cm³/mol. The maximum Gasteiger partial charge on any atom is 0.242 e. The second-order valence-corrected chi connectivity index (χ2v) is 4.20. The average molecular weight is 241 g/mol. The number of carbonyl (C=O) groups is 1. The smallest absolute Gasteiger partial charge is 0.242 e. The van der Waals surface area contributed by atoms with Gasteiger partial charge >= 0.3 is 0 Å². The van der Waals surface area contributed by atoms with Crippen molar-refractivity contribution in [3.63, 3.8) is 0 Å². The van der Waals surface area contributed by atoms with Crippen LogP contribution in [0.4, 0.5) is 5.82 Å². The number of rotatable bonds is 4. The largest absolute Gasteiger partial charge is 0.358 e. The van der Waals surface area contributed by atoms with E-state index in [1.807, 2.05) is 0 Å². The van der Waals surface area contributed by atoms with Crippen molar-refractivity contribution in [1.29, 1.82) is 0 Å². The first-order valence-corrected chi connectivity index (χ1v) is 5.58. The van der Waals surface area contributed by atoms with E-state index in [9.17, 15) is 4.79 Å². The Morgan fingerprint density at radius 3 is 3.00 bits per heavy atom. The minimum atomic E-state index is -0.327. The van der Waals surface area contributed by atoms with Crippen LogP contribution in [0.1, 0.15) is 19.8 Å². The number of nitrogens with one attached hydrogen (secondary N) is 2. The van der Waals surface area contributed by atoms with E-state index in [4.69, 9.17) is 11.6 Å². The van der Waals surface area contributed by atoms with Gasteiger partial charge in [-0.1, -0.05) is 0 Å². The molecule has 1 atom stereocenters. The molecular formula is C10H13ClN4O. The summed E-state index contributed by atoms with van der Waals surface area (Å²) >= 11 is 5.64. The van der Waals surface area contributed by atoms with Crippen molar-refractivity contribution in [3.05, 3.63) is 17.5 Å². The van der Waals surface area contributed by atoms with E-state index in [2.05, 4.69) is 20.6 Å². The van der Waals surface area contributed by atoms with Gasteiger partial charge in [0.2, 0.25) is 11.2 Å². The highest BCUT2D eigenvalue weighted by molar-refractivity contribution is 6.28. The Morgan fingerprint density at radius 2 is 2.38 bits per heavy atom. The van der Waals surface area contributed by atoms with Gasteiger partial charge < -0.3 is 10.6 Å². The quantitative estimate of drug-likeness (QED) is 0.777. The first-order chi connectivity index (χ1) is 7.65. The van der Waals surface area contributed by atoms with Crippen LogP contribution in [0.2, 0.25) is 5.28 Å². The fraction of sp³-hybridized carbons (Fsp3) is 0.500. The molecule has 86 valence electrons. The fourth-order valence-corrected chi connectivity index (χ4v) is 1.40. The number of nitrogens with zero attached hydrogens (tertiary/aromatic N) is 2. The molecule has 0 spiro atoms. The van der Waals surface area contributed by atoms with Crippen LogP contribution < -0.4 is 10.6 Å². The summed E-state index contributed by atoms with van der Waals surface area (Å²) in [6.07, 6.45) is 3.71. The first kappa shape index (κ1) is 11.1. The van der Waals surface area contributed by atoms with Crippen LogP contribution in [0.3, 0.4) is 0 Å². The van der Waals surface area contributed by atoms with Crippen LogP contribution in [0, 0.1) is 0 Å². The third kappa shape index (κ3) is 3.06. The lowest BCUT2D eigenvalue weighted by Crippen LogP contribution is -2.38. The SMILES string of the molecule is CC(Nc1ccnc(Cl)n1)C(=O)NC1CC1. The van der Waals surface area contributed by atoms with Gasteiger partial charge in [-0.25, -0.2) is 9.97 Å². The van der Waals surface area contributed by atoms with Crippen molar-refractivity contribution >= 4 is 23.3 Å². The maximum atomic E-state index is 11.6. The molecule has 5 nitrogen and oxygen atoms in total. The Hall–Kier alpha value is -1.36. The molecule has 1 fully saturated rings. The van der Waals surface area contributed by atoms with E-state index in [0.717, 1.165) is 12.8 Å². The number of amides is 1. The van der Waals surface area contributed by atoms with E-state index in [-0.39, 0.29) is 17.2 Å². The summed E-state index contributed by atoms with van der Waals surface area (Å²) in [5.74, 6) is 0.538. The van der Waals surface area contributed by atoms with Crippen LogP contribution in [-0.2, 0) is 4.79 Å². The van der Waals surface area contributed by atoms with Crippen LogP contribution >= 0.6 is 11.6 Å². The predicted octanol–water partition coefficient (Wildman–Crippen LogP) is 1.21. The summed E-state index contributed by atoms with van der Waals surface area (Å²) in [5, 5.41) is 6.05. The van der Waals surface area contributed by atoms with Crippen LogP contribution in [-0.4, -0.2) is 28.0 Å². The molecule has 1 saturated carbocycles. The van der Waals surface area contributed by atoms with Crippen molar-refractivity contribution in [1.82, 2.24) is 15.3 Å². The molecule has 1 aliphatic rings. The zero-order valence-corrected chi connectivity index (χ0v) is 9.66. The molecule has 2 rings (SSSR count). The second kappa shape index (κ2) is 4.65. The van der Waals surface area contributed by atoms with Crippen molar-refractivity contribution < 1.29 is 4.79 Å². The van der Waals surface area contributed by atoms with Gasteiger partial charge in [-0.05, 0) is 37.4 Å². The molecule has 1 amide bonds. The number of anilines is 1. The Kier molecular flexibility index (Phi) is 3.24. The van der Waals surface area contributed by atoms with E-state index in [1.54, 1.807) is 19.2 Å². The lowest BCUT2D eigenvalue weighted by molar-refractivity contribution is -0.121. The van der Waals surface area contributed by atoms with Gasteiger partial charge in [-0.2, -0.15) is 0 Å². The minimum absolute atomic E-state index is 0.0164. The molecule has 6 heteroatoms. The normalized spacial score (nSPS) is 16.6. The molecule has 0 aliphatic heterocycles. The highest BCUT2D eigenvalue weighted by atomic mass is 35.5. The van der Waals surface area contributed by atoms with Crippen LogP contribution in [0.15, 0.2) is 12.3 Å². The topological polar surface area (TPSA) is 66.9 Å². The number of hydrogen-bond acceptors (Lipinski definition) is 4. The molecule has 0 aromatic carbocycles. The van der Waals surface area contributed by atoms with Crippen molar-refractivity contribution in [2.45, 2.75) is 31.8 Å². The molecule has 1 aliphatic carbocycles. The zero-order valence-electron chi connectivity index (χ0n) is 8.90. The summed E-state index contributed by atoms with van der Waals surface area (Å²) in [4.78, 5) is 19.4. The van der Waals surface area contributed by atoms with Crippen molar-refractivity contribution in [2.75, 3.05) is 5.32 Å². The van der Waals surface area contributed by atoms with Crippen LogP contribution in [0.5, 0.6) is 0 Å². The minimum Gasteiger partial charge on any atom is -0.358 e. The molecule has 1 aromatic heterocycles. The van der Waals surface area contributed by atoms with Crippen molar-refractivity contribution in [2.24, 2.45) is 0 Å². The monoisotopic (exact) mass is 240 g/mol. The maximum absolute atomic E-state index is 11.6. The molecule has 0 bridgehead atoms. The second-order valence-electron chi connectivity index (χ2n) is 3.86. The molecule has 1 heterocycles. The van der Waals surface area contributed by atoms with Gasteiger partial charge in [0.25, 0.3) is 0 Å². The molecule has 0 radical (unpaired) electrons. The van der Waals surface area contributed by atoms with E-state index in [1.165, 1.54) is 0 Å². The summed E-state index contributed by atoms with van der Waals surface area (Å²) in [6, 6.07) is 1.71. The van der Waals surface area contributed by atoms with E-state index in [0.29, 0.717) is 11.9 Å². The van der Waals surface area contributed by atoms with Gasteiger partial charge in [0, 0.05) is 12.2 Å². The van der Waals surface area contributed by atoms with Gasteiger partial charge in [0.15, 0.2) is 0 Å². The zero-order chi connectivity index (χ0) is 11.5. The molecule has 1 unspecified atom stereocenters. The van der Waals surface area contributed by atoms with E-state index >= 15 is 0 Å². The highest BCUT2D eigenvalue weighted by Gasteiger charge is 2.25. The third-order valence-electron chi connectivity index (χ3n) is 2.31. The Bertz CT molecular complexity index is 394. The Labute approximate surface area is 98.6 Å². The Morgan fingerprint density at radius 1 is 1.62 bits per heavy atom. The lowest BCUT2D eigenvalue weighted by Gasteiger charge is -2.13. The Balaban J connectivity index is 1.90. The van der Waals surface area contributed by atoms with Crippen LogP contribution in [0.25, 0.3) is 0 Å². The lowest BCUT2D eigenvalue weighted by atomic mass is 10.3. The summed E-state index contributed by atoms with van der Waals surface area (Å²) in [7, 11) is 0. The summed E-state index contributed by atoms with van der Waals surface area (Å²) in [6.45, 7) is 1.79. The molecule has 16 heavy (non-hydrogen) atoms. The number of aromatic nitrogens is 2. The molecular weight excluding hydrogens is 228 g/mol. The highest BCUT2D eigenvalue weighted by Crippen LogP contribution is 2.18. The van der Waals surface area contributed by atoms with Gasteiger partial charge in [0.05, 0.1) is 0 Å². The first-order valence-electron chi connectivity index (χ1n) is 5.20. The fourth-order valence-electron chi connectivity index (χ4n) is 1.26. The van der Waals surface area contributed by atoms with Gasteiger partial charge in [-0.15, -0.1) is 0 Å². The molecule has 0 saturated heterocycles. The van der Waals surface area contributed by atoms with E-state index < -0.39 is 0 Å². The average Bonchev–Trinajstić information content (AvgIpc) is 3.01. The number of halogens is 1. The van der Waals surface area contributed by atoms with Gasteiger partial charge in [0.1, 0.15) is 11.9 Å². The van der Waals surface area contributed by atoms with Gasteiger partial charge in [-0.3, -0.25) is 4.79 Å². The molecule has 2 N–H and O–H groups in total.